The smallest absolute Gasteiger partial charge is 0.227 e. The summed E-state index contributed by atoms with van der Waals surface area (Å²) in [5.74, 6) is -0.810. The third-order valence-corrected chi connectivity index (χ3v) is 5.39. The Balaban J connectivity index is 1.91. The molecule has 190 valence electrons. The minimum atomic E-state index is -0.794. The lowest BCUT2D eigenvalue weighted by Gasteiger charge is -2.25. The van der Waals surface area contributed by atoms with Crippen molar-refractivity contribution in [1.29, 1.82) is 0 Å². The number of hydrogen-bond donors (Lipinski definition) is 1. The van der Waals surface area contributed by atoms with Gasteiger partial charge in [-0.05, 0) is 50.1 Å². The number of benzene rings is 2. The Kier molecular flexibility index (Phi) is 9.77. The first-order valence-corrected chi connectivity index (χ1v) is 12.0. The Morgan fingerprint density at radius 1 is 1.09 bits per heavy atom. The van der Waals surface area contributed by atoms with E-state index in [2.05, 4.69) is 30.8 Å². The van der Waals surface area contributed by atoms with Gasteiger partial charge in [0.25, 0.3) is 0 Å². The summed E-state index contributed by atoms with van der Waals surface area (Å²) in [6, 6.07) is 12.6. The van der Waals surface area contributed by atoms with Crippen molar-refractivity contribution >= 4 is 0 Å². The van der Waals surface area contributed by atoms with E-state index in [1.54, 1.807) is 4.68 Å². The highest BCUT2D eigenvalue weighted by Gasteiger charge is 2.23. The molecule has 0 fully saturated rings. The molecule has 2 aromatic carbocycles. The lowest BCUT2D eigenvalue weighted by molar-refractivity contribution is 0.00681. The molecular formula is C27H35F2N3O3. The molecular weight excluding hydrogens is 452 g/mol. The molecule has 1 atom stereocenters. The monoisotopic (exact) mass is 487 g/mol. The number of aliphatic hydroxyl groups excluding tert-OH is 1. The van der Waals surface area contributed by atoms with Gasteiger partial charge in [0.1, 0.15) is 5.82 Å². The fraction of sp³-hybridized carbons (Fsp3) is 0.444. The van der Waals surface area contributed by atoms with Crippen LogP contribution in [-0.4, -0.2) is 52.2 Å². The Hall–Kier alpha value is -2.81. The topological polar surface area (TPSA) is 59.8 Å². The van der Waals surface area contributed by atoms with Gasteiger partial charge in [-0.25, -0.2) is 13.5 Å². The molecule has 0 bridgehead atoms. The Labute approximate surface area is 206 Å². The van der Waals surface area contributed by atoms with Crippen LogP contribution in [0.1, 0.15) is 38.4 Å². The molecule has 0 aliphatic carbocycles. The van der Waals surface area contributed by atoms with Gasteiger partial charge in [0.15, 0.2) is 11.6 Å². The molecule has 0 amide bonds. The molecule has 0 aliphatic rings. The first-order chi connectivity index (χ1) is 16.8. The highest BCUT2D eigenvalue weighted by Crippen LogP contribution is 2.33. The van der Waals surface area contributed by atoms with E-state index in [9.17, 15) is 13.9 Å². The van der Waals surface area contributed by atoms with Crippen LogP contribution in [0.25, 0.3) is 5.69 Å². The summed E-state index contributed by atoms with van der Waals surface area (Å²) >= 11 is 0. The molecule has 6 nitrogen and oxygen atoms in total. The molecule has 1 N–H and O–H groups in total. The Bertz CT molecular complexity index is 1070. The van der Waals surface area contributed by atoms with Crippen LogP contribution < -0.4 is 4.74 Å². The quantitative estimate of drug-likeness (QED) is 0.345. The molecule has 3 rings (SSSR count). The molecule has 3 aromatic rings. The summed E-state index contributed by atoms with van der Waals surface area (Å²) < 4.78 is 41.2. The SMILES string of the molecule is CCCN(Cc1c(C)nn(-c2ccccc2)c1Oc1ccc(F)cc1F)C[C@@H](O)COCC(C)C. The van der Waals surface area contributed by atoms with Crippen LogP contribution in [0.4, 0.5) is 8.78 Å². The zero-order valence-electron chi connectivity index (χ0n) is 20.9. The van der Waals surface area contributed by atoms with E-state index in [1.807, 2.05) is 37.3 Å². The van der Waals surface area contributed by atoms with Crippen LogP contribution >= 0.6 is 0 Å². The van der Waals surface area contributed by atoms with Crippen molar-refractivity contribution in [2.24, 2.45) is 5.92 Å². The minimum absolute atomic E-state index is 0.0890. The average Bonchev–Trinajstić information content (AvgIpc) is 3.11. The van der Waals surface area contributed by atoms with Crippen LogP contribution in [-0.2, 0) is 11.3 Å². The van der Waals surface area contributed by atoms with Crippen LogP contribution in [0.15, 0.2) is 48.5 Å². The third-order valence-electron chi connectivity index (χ3n) is 5.39. The number of rotatable bonds is 13. The second-order valence-corrected chi connectivity index (χ2v) is 9.11. The molecule has 0 radical (unpaired) electrons. The summed E-state index contributed by atoms with van der Waals surface area (Å²) in [7, 11) is 0. The second-order valence-electron chi connectivity index (χ2n) is 9.11. The van der Waals surface area contributed by atoms with E-state index in [0.29, 0.717) is 31.5 Å². The second kappa shape index (κ2) is 12.8. The number of aromatic nitrogens is 2. The van der Waals surface area contributed by atoms with E-state index >= 15 is 0 Å². The lowest BCUT2D eigenvalue weighted by atomic mass is 10.2. The van der Waals surface area contributed by atoms with Crippen molar-refractivity contribution in [3.8, 4) is 17.3 Å². The van der Waals surface area contributed by atoms with Gasteiger partial charge in [0.2, 0.25) is 5.88 Å². The predicted molar refractivity (Wildman–Crippen MR) is 132 cm³/mol. The van der Waals surface area contributed by atoms with Gasteiger partial charge in [0.05, 0.1) is 29.7 Å². The number of ether oxygens (including phenoxy) is 2. The molecule has 0 aliphatic heterocycles. The minimum Gasteiger partial charge on any atom is -0.435 e. The maximum absolute atomic E-state index is 14.5. The van der Waals surface area contributed by atoms with Gasteiger partial charge in [0, 0.05) is 25.8 Å². The molecule has 8 heteroatoms. The Morgan fingerprint density at radius 3 is 2.49 bits per heavy atom. The zero-order valence-corrected chi connectivity index (χ0v) is 20.9. The maximum atomic E-state index is 14.5. The van der Waals surface area contributed by atoms with E-state index in [4.69, 9.17) is 9.47 Å². The van der Waals surface area contributed by atoms with Crippen molar-refractivity contribution in [3.05, 3.63) is 71.4 Å². The highest BCUT2D eigenvalue weighted by atomic mass is 19.1. The van der Waals surface area contributed by atoms with Gasteiger partial charge in [-0.3, -0.25) is 4.90 Å². The number of aliphatic hydroxyl groups is 1. The fourth-order valence-electron chi connectivity index (χ4n) is 3.80. The van der Waals surface area contributed by atoms with Gasteiger partial charge in [-0.15, -0.1) is 0 Å². The van der Waals surface area contributed by atoms with Crippen LogP contribution in [0.5, 0.6) is 11.6 Å². The molecule has 0 saturated heterocycles. The van der Waals surface area contributed by atoms with E-state index in [1.165, 1.54) is 6.07 Å². The third kappa shape index (κ3) is 7.59. The normalized spacial score (nSPS) is 12.5. The number of nitrogens with zero attached hydrogens (tertiary/aromatic N) is 3. The number of halogens is 2. The van der Waals surface area contributed by atoms with Crippen molar-refractivity contribution in [2.45, 2.75) is 46.8 Å². The average molecular weight is 488 g/mol. The summed E-state index contributed by atoms with van der Waals surface area (Å²) in [4.78, 5) is 2.11. The molecule has 35 heavy (non-hydrogen) atoms. The first-order valence-electron chi connectivity index (χ1n) is 12.0. The van der Waals surface area contributed by atoms with E-state index in [0.717, 1.165) is 42.0 Å². The van der Waals surface area contributed by atoms with E-state index < -0.39 is 17.7 Å². The van der Waals surface area contributed by atoms with Gasteiger partial charge in [-0.2, -0.15) is 5.10 Å². The standard InChI is InChI=1S/C27H35F2N3O3/c1-5-13-31(15-23(33)18-34-17-19(2)3)16-24-20(4)30-32(22-9-7-6-8-10-22)27(24)35-26-12-11-21(28)14-25(26)29/h6-12,14,19,23,33H,5,13,15-18H2,1-4H3/t23-/m1/s1. The summed E-state index contributed by atoms with van der Waals surface area (Å²) in [5, 5.41) is 15.2. The molecule has 0 unspecified atom stereocenters. The van der Waals surface area contributed by atoms with Crippen molar-refractivity contribution in [1.82, 2.24) is 14.7 Å². The molecule has 1 heterocycles. The summed E-state index contributed by atoms with van der Waals surface area (Å²) in [6.07, 6.45) is 0.234. The van der Waals surface area contributed by atoms with Crippen molar-refractivity contribution < 1.29 is 23.4 Å². The van der Waals surface area contributed by atoms with Gasteiger partial charge in [-0.1, -0.05) is 39.0 Å². The fourth-order valence-corrected chi connectivity index (χ4v) is 3.80. The van der Waals surface area contributed by atoms with Crippen LogP contribution in [0.2, 0.25) is 0 Å². The Morgan fingerprint density at radius 2 is 1.83 bits per heavy atom. The van der Waals surface area contributed by atoms with Crippen molar-refractivity contribution in [3.63, 3.8) is 0 Å². The predicted octanol–water partition coefficient (Wildman–Crippen LogP) is 5.50. The summed E-state index contributed by atoms with van der Waals surface area (Å²) in [5.41, 5.74) is 2.24. The zero-order chi connectivity index (χ0) is 25.4. The molecule has 0 spiro atoms. The van der Waals surface area contributed by atoms with Gasteiger partial charge < -0.3 is 14.6 Å². The molecule has 1 aromatic heterocycles. The number of hydrogen-bond acceptors (Lipinski definition) is 5. The van der Waals surface area contributed by atoms with Crippen LogP contribution in [0.3, 0.4) is 0 Å². The molecule has 0 saturated carbocycles. The maximum Gasteiger partial charge on any atom is 0.227 e. The van der Waals surface area contributed by atoms with Crippen LogP contribution in [0, 0.1) is 24.5 Å². The van der Waals surface area contributed by atoms with E-state index in [-0.39, 0.29) is 12.4 Å². The highest BCUT2D eigenvalue weighted by molar-refractivity contribution is 5.43. The van der Waals surface area contributed by atoms with Crippen molar-refractivity contribution in [2.75, 3.05) is 26.3 Å². The summed E-state index contributed by atoms with van der Waals surface area (Å²) in [6.45, 7) is 10.5. The van der Waals surface area contributed by atoms with Gasteiger partial charge >= 0.3 is 0 Å². The lowest BCUT2D eigenvalue weighted by Crippen LogP contribution is -2.35. The largest absolute Gasteiger partial charge is 0.435 e. The number of aryl methyl sites for hydroxylation is 1. The number of para-hydroxylation sites is 1. The first kappa shape index (κ1) is 26.8.